The summed E-state index contributed by atoms with van der Waals surface area (Å²) in [6.45, 7) is 6.43. The van der Waals surface area contributed by atoms with Gasteiger partial charge in [-0.25, -0.2) is 0 Å². The molecule has 0 aromatic heterocycles. The zero-order chi connectivity index (χ0) is 55.0. The van der Waals surface area contributed by atoms with Crippen LogP contribution in [0.5, 0.6) is 0 Å². The van der Waals surface area contributed by atoms with Crippen molar-refractivity contribution in [1.82, 2.24) is 0 Å². The van der Waals surface area contributed by atoms with E-state index in [9.17, 15) is 14.4 Å². The number of ether oxygens (including phenoxy) is 3. The van der Waals surface area contributed by atoms with Gasteiger partial charge in [-0.3, -0.25) is 14.4 Å². The maximum Gasteiger partial charge on any atom is 0.306 e. The van der Waals surface area contributed by atoms with E-state index in [4.69, 9.17) is 14.2 Å². The van der Waals surface area contributed by atoms with Gasteiger partial charge in [-0.15, -0.1) is 0 Å². The van der Waals surface area contributed by atoms with E-state index in [1.807, 2.05) is 0 Å². The van der Waals surface area contributed by atoms with Crippen molar-refractivity contribution in [2.24, 2.45) is 0 Å². The van der Waals surface area contributed by atoms with Crippen molar-refractivity contribution in [3.63, 3.8) is 0 Å². The van der Waals surface area contributed by atoms with Gasteiger partial charge in [-0.2, -0.15) is 0 Å². The average molecular weight is 1050 g/mol. The number of rotatable bonds is 55. The Bertz CT molecular complexity index is 1630. The molecule has 0 saturated carbocycles. The molecule has 0 aromatic rings. The lowest BCUT2D eigenvalue weighted by Crippen LogP contribution is -2.30. The molecule has 0 N–H and O–H groups in total. The lowest BCUT2D eigenvalue weighted by Gasteiger charge is -2.18. The number of hydrogen-bond acceptors (Lipinski definition) is 6. The van der Waals surface area contributed by atoms with E-state index >= 15 is 0 Å². The molecular formula is C70H114O6. The highest BCUT2D eigenvalue weighted by molar-refractivity contribution is 5.71. The summed E-state index contributed by atoms with van der Waals surface area (Å²) in [6.07, 6.45) is 88.7. The standard InChI is InChI=1S/C70H114O6/c1-4-7-10-13-16-19-22-25-28-30-32-34-35-37-38-40-42-45-48-51-54-57-60-63-69(72)75-66-67(65-74-68(71)62-59-56-53-50-47-44-27-24-21-18-15-12-9-6-3)76-70(73)64-61-58-55-52-49-46-43-41-39-36-33-31-29-26-23-20-17-14-11-8-5-2/h7,10,15-16,18-19,23-28,31-34,37-39,41-42,45,67H,4-6,8-9,11-14,17,20-22,29-30,35-36,40,43-44,46-66H2,1-3H3/b10-7-,18-15-,19-16-,26-23-,27-24-,28-25-,33-31-,34-32-,38-37-,41-39-,45-42-. The number of hydrogen-bond donors (Lipinski definition) is 0. The van der Waals surface area contributed by atoms with Crippen LogP contribution in [0.25, 0.3) is 0 Å². The zero-order valence-electron chi connectivity index (χ0n) is 49.2. The lowest BCUT2D eigenvalue weighted by atomic mass is 10.1. The Hall–Kier alpha value is -4.45. The summed E-state index contributed by atoms with van der Waals surface area (Å²) in [6, 6.07) is 0. The fourth-order valence-corrected chi connectivity index (χ4v) is 8.17. The molecule has 0 aliphatic rings. The van der Waals surface area contributed by atoms with Gasteiger partial charge in [-0.1, -0.05) is 251 Å². The van der Waals surface area contributed by atoms with Crippen LogP contribution in [0.15, 0.2) is 134 Å². The third-order valence-corrected chi connectivity index (χ3v) is 12.9. The molecule has 0 heterocycles. The number of carbonyl (C=O) groups excluding carboxylic acids is 3. The van der Waals surface area contributed by atoms with Gasteiger partial charge in [0.1, 0.15) is 13.2 Å². The third kappa shape index (κ3) is 60.4. The van der Waals surface area contributed by atoms with Crippen LogP contribution in [-0.2, 0) is 28.6 Å². The molecule has 0 bridgehead atoms. The first-order valence-corrected chi connectivity index (χ1v) is 31.2. The van der Waals surface area contributed by atoms with Crippen molar-refractivity contribution < 1.29 is 28.6 Å². The summed E-state index contributed by atoms with van der Waals surface area (Å²) in [5, 5.41) is 0. The fourth-order valence-electron chi connectivity index (χ4n) is 8.17. The maximum absolute atomic E-state index is 12.9. The van der Waals surface area contributed by atoms with Gasteiger partial charge in [-0.05, 0) is 135 Å². The molecule has 0 spiro atoms. The highest BCUT2D eigenvalue weighted by Crippen LogP contribution is 2.14. The predicted molar refractivity (Wildman–Crippen MR) is 329 cm³/mol. The first-order valence-electron chi connectivity index (χ1n) is 31.2. The van der Waals surface area contributed by atoms with Gasteiger partial charge in [0.25, 0.3) is 0 Å². The van der Waals surface area contributed by atoms with E-state index in [2.05, 4.69) is 154 Å². The van der Waals surface area contributed by atoms with E-state index in [1.165, 1.54) is 70.6 Å². The molecular weight excluding hydrogens is 937 g/mol. The Labute approximate surface area is 468 Å². The molecule has 0 fully saturated rings. The van der Waals surface area contributed by atoms with Crippen molar-refractivity contribution in [2.75, 3.05) is 13.2 Å². The number of carbonyl (C=O) groups is 3. The first kappa shape index (κ1) is 71.5. The highest BCUT2D eigenvalue weighted by Gasteiger charge is 2.19. The minimum absolute atomic E-state index is 0.103. The van der Waals surface area contributed by atoms with Crippen LogP contribution >= 0.6 is 0 Å². The van der Waals surface area contributed by atoms with Crippen LogP contribution in [0.3, 0.4) is 0 Å². The molecule has 0 saturated heterocycles. The van der Waals surface area contributed by atoms with Crippen LogP contribution in [0.2, 0.25) is 0 Å². The number of allylic oxidation sites excluding steroid dienone is 22. The Morgan fingerprint density at radius 1 is 0.276 bits per heavy atom. The van der Waals surface area contributed by atoms with E-state index < -0.39 is 6.10 Å². The van der Waals surface area contributed by atoms with Gasteiger partial charge >= 0.3 is 17.9 Å². The van der Waals surface area contributed by atoms with Crippen molar-refractivity contribution in [2.45, 2.75) is 277 Å². The van der Waals surface area contributed by atoms with Crippen molar-refractivity contribution >= 4 is 17.9 Å². The van der Waals surface area contributed by atoms with Crippen LogP contribution in [0, 0.1) is 0 Å². The maximum atomic E-state index is 12.9. The summed E-state index contributed by atoms with van der Waals surface area (Å²) in [4.78, 5) is 38.3. The van der Waals surface area contributed by atoms with E-state index in [0.717, 1.165) is 161 Å². The van der Waals surface area contributed by atoms with E-state index in [1.54, 1.807) is 0 Å². The Balaban J connectivity index is 4.48. The summed E-state index contributed by atoms with van der Waals surface area (Å²) >= 11 is 0. The molecule has 430 valence electrons. The molecule has 76 heavy (non-hydrogen) atoms. The fraction of sp³-hybridized carbons (Fsp3) is 0.643. The van der Waals surface area contributed by atoms with Gasteiger partial charge < -0.3 is 14.2 Å². The van der Waals surface area contributed by atoms with Crippen molar-refractivity contribution in [3.8, 4) is 0 Å². The van der Waals surface area contributed by atoms with Gasteiger partial charge in [0, 0.05) is 19.3 Å². The zero-order valence-corrected chi connectivity index (χ0v) is 49.2. The molecule has 0 radical (unpaired) electrons. The first-order chi connectivity index (χ1) is 37.5. The molecule has 0 aromatic carbocycles. The van der Waals surface area contributed by atoms with Crippen molar-refractivity contribution in [3.05, 3.63) is 134 Å². The third-order valence-electron chi connectivity index (χ3n) is 12.9. The second kappa shape index (κ2) is 63.1. The minimum Gasteiger partial charge on any atom is -0.462 e. The molecule has 0 rings (SSSR count). The van der Waals surface area contributed by atoms with Crippen LogP contribution in [0.1, 0.15) is 271 Å². The highest BCUT2D eigenvalue weighted by atomic mass is 16.6. The molecule has 0 aliphatic heterocycles. The topological polar surface area (TPSA) is 78.9 Å². The molecule has 6 heteroatoms. The minimum atomic E-state index is -0.808. The second-order valence-corrected chi connectivity index (χ2v) is 20.2. The quantitative estimate of drug-likeness (QED) is 0.0261. The monoisotopic (exact) mass is 1050 g/mol. The largest absolute Gasteiger partial charge is 0.462 e. The normalized spacial score (nSPS) is 13.0. The Kier molecular flexibility index (Phi) is 59.4. The summed E-state index contributed by atoms with van der Waals surface area (Å²) < 4.78 is 16.9. The van der Waals surface area contributed by atoms with Gasteiger partial charge in [0.2, 0.25) is 0 Å². The van der Waals surface area contributed by atoms with Gasteiger partial charge in [0.15, 0.2) is 6.10 Å². The lowest BCUT2D eigenvalue weighted by molar-refractivity contribution is -0.167. The molecule has 1 unspecified atom stereocenters. The smallest absolute Gasteiger partial charge is 0.306 e. The van der Waals surface area contributed by atoms with E-state index in [-0.39, 0.29) is 31.1 Å². The predicted octanol–water partition coefficient (Wildman–Crippen LogP) is 21.4. The Morgan fingerprint density at radius 3 is 0.842 bits per heavy atom. The Morgan fingerprint density at radius 2 is 0.526 bits per heavy atom. The molecule has 1 atom stereocenters. The molecule has 0 amide bonds. The summed E-state index contributed by atoms with van der Waals surface area (Å²) in [5.74, 6) is -0.954. The SMILES string of the molecule is CC/C=C\C/C=C\C/C=C\C/C=C\C/C=C\C/C=C\CCCCCCC(=O)OCC(COC(=O)CCCCCCC/C=C\C/C=C\CCCC)OC(=O)CCCCCCCC/C=C\C/C=C\C/C=C\CCCCCCC. The summed E-state index contributed by atoms with van der Waals surface area (Å²) in [7, 11) is 0. The average Bonchev–Trinajstić information content (AvgIpc) is 3.42. The van der Waals surface area contributed by atoms with E-state index in [0.29, 0.717) is 19.3 Å². The van der Waals surface area contributed by atoms with Crippen LogP contribution in [-0.4, -0.2) is 37.2 Å². The number of unbranched alkanes of at least 4 members (excludes halogenated alkanes) is 22. The van der Waals surface area contributed by atoms with Crippen LogP contribution in [0.4, 0.5) is 0 Å². The van der Waals surface area contributed by atoms with Gasteiger partial charge in [0.05, 0.1) is 0 Å². The molecule has 0 aliphatic carbocycles. The van der Waals surface area contributed by atoms with Crippen molar-refractivity contribution in [1.29, 1.82) is 0 Å². The molecule has 6 nitrogen and oxygen atoms in total. The summed E-state index contributed by atoms with van der Waals surface area (Å²) in [5.41, 5.74) is 0. The number of esters is 3. The van der Waals surface area contributed by atoms with Crippen LogP contribution < -0.4 is 0 Å². The second-order valence-electron chi connectivity index (χ2n) is 20.2.